The van der Waals surface area contributed by atoms with E-state index in [-0.39, 0.29) is 34.5 Å². The molecule has 2 nitrogen and oxygen atoms in total. The molecule has 6 heteroatoms. The van der Waals surface area contributed by atoms with Gasteiger partial charge in [0.1, 0.15) is 0 Å². The fourth-order valence-electron chi connectivity index (χ4n) is 0.625. The van der Waals surface area contributed by atoms with Gasteiger partial charge in [-0.05, 0) is 29.3 Å². The van der Waals surface area contributed by atoms with Crippen LogP contribution in [0.1, 0.15) is 0 Å². The van der Waals surface area contributed by atoms with Gasteiger partial charge in [0, 0.05) is 13.8 Å². The smallest absolute Gasteiger partial charge is 0.768 e. The summed E-state index contributed by atoms with van der Waals surface area (Å²) in [5.74, 6) is 0. The van der Waals surface area contributed by atoms with Crippen LogP contribution in [0, 0.1) is 0 Å². The van der Waals surface area contributed by atoms with Gasteiger partial charge in [-0.2, -0.15) is 0 Å². The third kappa shape index (κ3) is 4.00. The number of hydrogen-bond acceptors (Lipinski definition) is 2. The summed E-state index contributed by atoms with van der Waals surface area (Å²) in [4.78, 5) is 0.270. The summed E-state index contributed by atoms with van der Waals surface area (Å²) < 4.78 is 22.4. The first-order chi connectivity index (χ1) is 5.09. The SMILES string of the molecule is O=S([O-])c1cc(Br)cc(Br)c1.[Na+]. The number of hydrogen-bond donors (Lipinski definition) is 0. The number of halogens is 2. The summed E-state index contributed by atoms with van der Waals surface area (Å²) in [5.41, 5.74) is 0. The van der Waals surface area contributed by atoms with E-state index in [1.165, 1.54) is 12.1 Å². The Bertz CT molecular complexity index is 285. The van der Waals surface area contributed by atoms with Crippen molar-refractivity contribution in [1.29, 1.82) is 0 Å². The molecule has 1 aromatic carbocycles. The minimum absolute atomic E-state index is 0. The van der Waals surface area contributed by atoms with Crippen LogP contribution in [0.25, 0.3) is 0 Å². The van der Waals surface area contributed by atoms with Gasteiger partial charge >= 0.3 is 29.6 Å². The van der Waals surface area contributed by atoms with Gasteiger partial charge in [-0.1, -0.05) is 31.9 Å². The standard InChI is InChI=1S/C6H4Br2O2S.Na/c7-4-1-5(8)3-6(2-4)11(9)10;/h1-3H,(H,9,10);/q;+1/p-1. The monoisotopic (exact) mass is 320 g/mol. The molecule has 0 aliphatic rings. The maximum atomic E-state index is 10.5. The first kappa shape index (κ1) is 13.3. The van der Waals surface area contributed by atoms with Gasteiger partial charge in [-0.15, -0.1) is 0 Å². The second kappa shape index (κ2) is 5.90. The van der Waals surface area contributed by atoms with Crippen molar-refractivity contribution in [3.8, 4) is 0 Å². The fraction of sp³-hybridized carbons (Fsp3) is 0. The molecule has 0 radical (unpaired) electrons. The molecule has 0 saturated heterocycles. The van der Waals surface area contributed by atoms with Gasteiger partial charge in [-0.3, -0.25) is 4.21 Å². The molecule has 1 aromatic rings. The van der Waals surface area contributed by atoms with Crippen LogP contribution in [-0.2, 0) is 11.1 Å². The average molecular weight is 322 g/mol. The van der Waals surface area contributed by atoms with Crippen LogP contribution in [-0.4, -0.2) is 8.76 Å². The maximum absolute atomic E-state index is 10.5. The van der Waals surface area contributed by atoms with Crippen molar-refractivity contribution < 1.29 is 38.3 Å². The van der Waals surface area contributed by atoms with E-state index in [9.17, 15) is 8.76 Å². The van der Waals surface area contributed by atoms with Crippen LogP contribution in [0.15, 0.2) is 32.0 Å². The van der Waals surface area contributed by atoms with E-state index in [0.717, 1.165) is 8.95 Å². The van der Waals surface area contributed by atoms with E-state index in [4.69, 9.17) is 0 Å². The van der Waals surface area contributed by atoms with E-state index < -0.39 is 11.1 Å². The molecule has 0 N–H and O–H groups in total. The molecule has 1 unspecified atom stereocenters. The molecule has 0 heterocycles. The predicted molar refractivity (Wildman–Crippen MR) is 49.0 cm³/mol. The topological polar surface area (TPSA) is 40.1 Å². The van der Waals surface area contributed by atoms with E-state index in [1.54, 1.807) is 6.07 Å². The van der Waals surface area contributed by atoms with Crippen molar-refractivity contribution >= 4 is 42.9 Å². The van der Waals surface area contributed by atoms with E-state index in [0.29, 0.717) is 0 Å². The molecule has 0 saturated carbocycles. The number of rotatable bonds is 1. The van der Waals surface area contributed by atoms with Crippen molar-refractivity contribution in [2.24, 2.45) is 0 Å². The van der Waals surface area contributed by atoms with Crippen molar-refractivity contribution in [1.82, 2.24) is 0 Å². The Morgan fingerprint density at radius 1 is 1.17 bits per heavy atom. The van der Waals surface area contributed by atoms with Gasteiger partial charge in [0.2, 0.25) is 0 Å². The van der Waals surface area contributed by atoms with Crippen LogP contribution in [0.4, 0.5) is 0 Å². The molecule has 0 spiro atoms. The van der Waals surface area contributed by atoms with Gasteiger partial charge in [0.05, 0.1) is 0 Å². The van der Waals surface area contributed by atoms with Crippen LogP contribution in [0.2, 0.25) is 0 Å². The molecular weight excluding hydrogens is 319 g/mol. The van der Waals surface area contributed by atoms with Gasteiger partial charge < -0.3 is 4.55 Å². The van der Waals surface area contributed by atoms with Crippen LogP contribution in [0.5, 0.6) is 0 Å². The van der Waals surface area contributed by atoms with E-state index >= 15 is 0 Å². The molecule has 0 amide bonds. The van der Waals surface area contributed by atoms with Crippen LogP contribution >= 0.6 is 31.9 Å². The molecule has 1 rings (SSSR count). The average Bonchev–Trinajstić information content (AvgIpc) is 1.85. The third-order valence-corrected chi connectivity index (χ3v) is 2.56. The van der Waals surface area contributed by atoms with Gasteiger partial charge in [0.15, 0.2) is 0 Å². The quantitative estimate of drug-likeness (QED) is 0.514. The van der Waals surface area contributed by atoms with Gasteiger partial charge in [0.25, 0.3) is 0 Å². The Balaban J connectivity index is 0.00000121. The van der Waals surface area contributed by atoms with Crippen molar-refractivity contribution in [2.75, 3.05) is 0 Å². The summed E-state index contributed by atoms with van der Waals surface area (Å²) in [6.07, 6.45) is 0. The Kier molecular flexibility index (Phi) is 6.54. The Morgan fingerprint density at radius 2 is 1.58 bits per heavy atom. The first-order valence-electron chi connectivity index (χ1n) is 2.65. The molecule has 0 aliphatic heterocycles. The molecule has 12 heavy (non-hydrogen) atoms. The van der Waals surface area contributed by atoms with Crippen molar-refractivity contribution in [3.63, 3.8) is 0 Å². The molecule has 0 fully saturated rings. The third-order valence-electron chi connectivity index (χ3n) is 1.03. The fourth-order valence-corrected chi connectivity index (χ4v) is 2.67. The summed E-state index contributed by atoms with van der Waals surface area (Å²) in [6.45, 7) is 0. The minimum Gasteiger partial charge on any atom is -0.768 e. The zero-order valence-corrected chi connectivity index (χ0v) is 12.2. The molecule has 0 aromatic heterocycles. The molecule has 60 valence electrons. The van der Waals surface area contributed by atoms with Crippen LogP contribution < -0.4 is 29.6 Å². The normalized spacial score (nSPS) is 11.9. The Labute approximate surface area is 112 Å². The van der Waals surface area contributed by atoms with Crippen molar-refractivity contribution in [3.05, 3.63) is 27.1 Å². The molecule has 1 atom stereocenters. The zero-order chi connectivity index (χ0) is 8.43. The first-order valence-corrected chi connectivity index (χ1v) is 5.31. The maximum Gasteiger partial charge on any atom is 1.00 e. The van der Waals surface area contributed by atoms with Crippen LogP contribution in [0.3, 0.4) is 0 Å². The molecule has 0 aliphatic carbocycles. The second-order valence-corrected chi connectivity index (χ2v) is 4.61. The molecular formula is C6H3Br2NaO2S. The van der Waals surface area contributed by atoms with E-state index in [1.807, 2.05) is 0 Å². The summed E-state index contributed by atoms with van der Waals surface area (Å²) in [7, 11) is 0. The number of benzene rings is 1. The Hall–Kier alpha value is 1.29. The Morgan fingerprint density at radius 3 is 1.92 bits per heavy atom. The van der Waals surface area contributed by atoms with E-state index in [2.05, 4.69) is 31.9 Å². The molecule has 0 bridgehead atoms. The summed E-state index contributed by atoms with van der Waals surface area (Å²) >= 11 is 4.20. The largest absolute Gasteiger partial charge is 1.00 e. The van der Waals surface area contributed by atoms with Gasteiger partial charge in [-0.25, -0.2) is 0 Å². The predicted octanol–water partition coefficient (Wildman–Crippen LogP) is -0.546. The minimum atomic E-state index is -2.16. The zero-order valence-electron chi connectivity index (χ0n) is 6.21. The summed E-state index contributed by atoms with van der Waals surface area (Å²) in [6, 6.07) is 4.85. The van der Waals surface area contributed by atoms with Crippen molar-refractivity contribution in [2.45, 2.75) is 4.90 Å². The summed E-state index contributed by atoms with van der Waals surface area (Å²) in [5, 5.41) is 0. The second-order valence-electron chi connectivity index (χ2n) is 1.84.